The summed E-state index contributed by atoms with van der Waals surface area (Å²) in [5.74, 6) is -0.675. The fraction of sp³-hybridized carbons (Fsp3) is 0.0952. The maximum Gasteiger partial charge on any atom is 0.293 e. The zero-order valence-corrected chi connectivity index (χ0v) is 16.4. The van der Waals surface area contributed by atoms with Crippen LogP contribution in [0.25, 0.3) is 12.2 Å². The number of benzene rings is 2. The first-order chi connectivity index (χ1) is 13.5. The summed E-state index contributed by atoms with van der Waals surface area (Å²) in [5.41, 5.74) is 1.59. The molecular formula is C21H17ClN2O3S. The molecule has 2 aromatic carbocycles. The van der Waals surface area contributed by atoms with Crippen molar-refractivity contribution in [3.8, 4) is 0 Å². The molecule has 3 amide bonds. The van der Waals surface area contributed by atoms with Crippen LogP contribution >= 0.6 is 23.4 Å². The van der Waals surface area contributed by atoms with E-state index >= 15 is 0 Å². The summed E-state index contributed by atoms with van der Waals surface area (Å²) in [6.45, 7) is 0.283. The molecule has 0 aromatic heterocycles. The van der Waals surface area contributed by atoms with Crippen LogP contribution in [0.1, 0.15) is 11.1 Å². The standard InChI is InChI=1S/C21H17ClN2O3S/c22-17-9-5-4-8-16(17)10-11-19(25)23-12-13-24-20(26)18(28-21(24)27)14-15-6-2-1-3-7-15/h1-11,14H,12-13H2,(H,23,25). The Labute approximate surface area is 172 Å². The summed E-state index contributed by atoms with van der Waals surface area (Å²) >= 11 is 6.93. The van der Waals surface area contributed by atoms with E-state index in [1.807, 2.05) is 42.5 Å². The Morgan fingerprint density at radius 3 is 2.54 bits per heavy atom. The van der Waals surface area contributed by atoms with Crippen LogP contribution < -0.4 is 5.32 Å². The van der Waals surface area contributed by atoms with Crippen LogP contribution in [-0.2, 0) is 9.59 Å². The molecule has 0 aliphatic carbocycles. The first kappa shape index (κ1) is 19.9. The van der Waals surface area contributed by atoms with E-state index in [2.05, 4.69) is 5.32 Å². The van der Waals surface area contributed by atoms with Gasteiger partial charge in [0.15, 0.2) is 0 Å². The molecule has 28 heavy (non-hydrogen) atoms. The van der Waals surface area contributed by atoms with Crippen molar-refractivity contribution in [2.45, 2.75) is 0 Å². The van der Waals surface area contributed by atoms with Gasteiger partial charge in [0.1, 0.15) is 0 Å². The fourth-order valence-electron chi connectivity index (χ4n) is 2.52. The third-order valence-corrected chi connectivity index (χ3v) is 5.18. The molecule has 2 aromatic rings. The lowest BCUT2D eigenvalue weighted by molar-refractivity contribution is -0.123. The Balaban J connectivity index is 1.52. The number of nitrogens with zero attached hydrogens (tertiary/aromatic N) is 1. The number of amides is 3. The summed E-state index contributed by atoms with van der Waals surface area (Å²) in [5, 5.41) is 2.87. The molecule has 0 atom stereocenters. The van der Waals surface area contributed by atoms with Crippen LogP contribution in [-0.4, -0.2) is 35.0 Å². The Morgan fingerprint density at radius 2 is 1.79 bits per heavy atom. The summed E-state index contributed by atoms with van der Waals surface area (Å²) in [6.07, 6.45) is 4.67. The molecule has 0 radical (unpaired) electrons. The van der Waals surface area contributed by atoms with E-state index in [4.69, 9.17) is 11.6 Å². The van der Waals surface area contributed by atoms with Gasteiger partial charge >= 0.3 is 0 Å². The van der Waals surface area contributed by atoms with Gasteiger partial charge in [0.25, 0.3) is 11.1 Å². The number of carbonyl (C=O) groups is 3. The number of hydrogen-bond acceptors (Lipinski definition) is 4. The molecule has 5 nitrogen and oxygen atoms in total. The number of nitrogens with one attached hydrogen (secondary N) is 1. The smallest absolute Gasteiger partial charge is 0.293 e. The van der Waals surface area contributed by atoms with Crippen molar-refractivity contribution in [3.05, 3.63) is 81.7 Å². The number of halogens is 1. The first-order valence-corrected chi connectivity index (χ1v) is 9.75. The van der Waals surface area contributed by atoms with E-state index in [0.717, 1.165) is 27.8 Å². The van der Waals surface area contributed by atoms with E-state index in [9.17, 15) is 14.4 Å². The van der Waals surface area contributed by atoms with Crippen molar-refractivity contribution < 1.29 is 14.4 Å². The maximum absolute atomic E-state index is 12.4. The lowest BCUT2D eigenvalue weighted by atomic mass is 10.2. The monoisotopic (exact) mass is 412 g/mol. The highest BCUT2D eigenvalue weighted by Gasteiger charge is 2.34. The minimum absolute atomic E-state index is 0.114. The third kappa shape index (κ3) is 5.12. The molecule has 0 unspecified atom stereocenters. The molecule has 142 valence electrons. The highest BCUT2D eigenvalue weighted by molar-refractivity contribution is 8.18. The SMILES string of the molecule is O=C(C=Cc1ccccc1Cl)NCCN1C(=O)SC(=Cc2ccccc2)C1=O. The van der Waals surface area contributed by atoms with Gasteiger partial charge in [-0.2, -0.15) is 0 Å². The molecular weight excluding hydrogens is 396 g/mol. The van der Waals surface area contributed by atoms with Gasteiger partial charge in [0.05, 0.1) is 4.91 Å². The van der Waals surface area contributed by atoms with E-state index in [0.29, 0.717) is 9.93 Å². The Kier molecular flexibility index (Phi) is 6.68. The zero-order chi connectivity index (χ0) is 19.9. The van der Waals surface area contributed by atoms with Crippen LogP contribution in [0.3, 0.4) is 0 Å². The molecule has 7 heteroatoms. The van der Waals surface area contributed by atoms with Crippen molar-refractivity contribution >= 4 is 52.6 Å². The van der Waals surface area contributed by atoms with Crippen LogP contribution in [0.15, 0.2) is 65.6 Å². The highest BCUT2D eigenvalue weighted by Crippen LogP contribution is 2.31. The van der Waals surface area contributed by atoms with Gasteiger partial charge in [-0.05, 0) is 41.1 Å². The van der Waals surface area contributed by atoms with E-state index in [1.54, 1.807) is 24.3 Å². The molecule has 1 fully saturated rings. The molecule has 1 heterocycles. The lowest BCUT2D eigenvalue weighted by Crippen LogP contribution is -2.36. The van der Waals surface area contributed by atoms with Gasteiger partial charge in [-0.1, -0.05) is 60.1 Å². The van der Waals surface area contributed by atoms with Crippen molar-refractivity contribution in [2.24, 2.45) is 0 Å². The Bertz CT molecular complexity index is 957. The van der Waals surface area contributed by atoms with Gasteiger partial charge in [-0.15, -0.1) is 0 Å². The Hall–Kier alpha value is -2.83. The van der Waals surface area contributed by atoms with E-state index < -0.39 is 0 Å². The van der Waals surface area contributed by atoms with Crippen LogP contribution in [0.2, 0.25) is 5.02 Å². The normalized spacial score (nSPS) is 15.6. The number of rotatable bonds is 6. The number of hydrogen-bond donors (Lipinski definition) is 1. The average Bonchev–Trinajstić information content (AvgIpc) is 2.95. The predicted molar refractivity (Wildman–Crippen MR) is 113 cm³/mol. The van der Waals surface area contributed by atoms with Crippen molar-refractivity contribution in [3.63, 3.8) is 0 Å². The second-order valence-electron chi connectivity index (χ2n) is 5.89. The number of imide groups is 1. The summed E-state index contributed by atoms with van der Waals surface area (Å²) in [7, 11) is 0. The van der Waals surface area contributed by atoms with Crippen LogP contribution in [0, 0.1) is 0 Å². The predicted octanol–water partition coefficient (Wildman–Crippen LogP) is 4.21. The van der Waals surface area contributed by atoms with Crippen molar-refractivity contribution in [2.75, 3.05) is 13.1 Å². The number of carbonyl (C=O) groups excluding carboxylic acids is 3. The first-order valence-electron chi connectivity index (χ1n) is 8.55. The minimum Gasteiger partial charge on any atom is -0.351 e. The average molecular weight is 413 g/mol. The third-order valence-electron chi connectivity index (χ3n) is 3.93. The van der Waals surface area contributed by atoms with E-state index in [1.165, 1.54) is 6.08 Å². The van der Waals surface area contributed by atoms with Gasteiger partial charge in [0.2, 0.25) is 5.91 Å². The lowest BCUT2D eigenvalue weighted by Gasteiger charge is -2.12. The maximum atomic E-state index is 12.4. The highest BCUT2D eigenvalue weighted by atomic mass is 35.5. The minimum atomic E-state index is -0.347. The number of thioether (sulfide) groups is 1. The fourth-order valence-corrected chi connectivity index (χ4v) is 3.58. The molecule has 0 saturated carbocycles. The van der Waals surface area contributed by atoms with E-state index in [-0.39, 0.29) is 30.1 Å². The second kappa shape index (κ2) is 9.39. The zero-order valence-electron chi connectivity index (χ0n) is 14.8. The molecule has 0 spiro atoms. The largest absolute Gasteiger partial charge is 0.351 e. The summed E-state index contributed by atoms with van der Waals surface area (Å²) < 4.78 is 0. The molecule has 1 aliphatic rings. The van der Waals surface area contributed by atoms with Gasteiger partial charge < -0.3 is 5.32 Å². The van der Waals surface area contributed by atoms with Crippen LogP contribution in [0.5, 0.6) is 0 Å². The van der Waals surface area contributed by atoms with Gasteiger partial charge in [-0.25, -0.2) is 0 Å². The summed E-state index contributed by atoms with van der Waals surface area (Å²) in [6, 6.07) is 16.5. The Morgan fingerprint density at radius 1 is 1.07 bits per heavy atom. The van der Waals surface area contributed by atoms with Crippen molar-refractivity contribution in [1.29, 1.82) is 0 Å². The quantitative estimate of drug-likeness (QED) is 0.722. The van der Waals surface area contributed by atoms with Crippen molar-refractivity contribution in [1.82, 2.24) is 10.2 Å². The second-order valence-corrected chi connectivity index (χ2v) is 7.29. The molecule has 1 aliphatic heterocycles. The molecule has 0 bridgehead atoms. The topological polar surface area (TPSA) is 66.5 Å². The molecule has 1 saturated heterocycles. The van der Waals surface area contributed by atoms with Gasteiger partial charge in [-0.3, -0.25) is 19.3 Å². The molecule has 1 N–H and O–H groups in total. The van der Waals surface area contributed by atoms with Gasteiger partial charge in [0, 0.05) is 24.2 Å². The summed E-state index contributed by atoms with van der Waals surface area (Å²) in [4.78, 5) is 38.0. The molecule has 3 rings (SSSR count). The van der Waals surface area contributed by atoms with Crippen LogP contribution in [0.4, 0.5) is 4.79 Å².